The van der Waals surface area contributed by atoms with Crippen LogP contribution in [-0.2, 0) is 29.0 Å². The van der Waals surface area contributed by atoms with Crippen LogP contribution in [0.25, 0.3) is 0 Å². The van der Waals surface area contributed by atoms with Gasteiger partial charge in [-0.1, -0.05) is 38.5 Å². The second kappa shape index (κ2) is 13.8. The van der Waals surface area contributed by atoms with Gasteiger partial charge in [-0.05, 0) is 25.7 Å². The van der Waals surface area contributed by atoms with Crippen LogP contribution < -0.4 is 10.3 Å². The molecule has 24 heavy (non-hydrogen) atoms. The van der Waals surface area contributed by atoms with Crippen molar-refractivity contribution in [3.63, 3.8) is 0 Å². The second-order valence-electron chi connectivity index (χ2n) is 5.70. The summed E-state index contributed by atoms with van der Waals surface area (Å²) < 4.78 is 51.1. The van der Waals surface area contributed by atoms with Crippen LogP contribution in [0.15, 0.2) is 0 Å². The van der Waals surface area contributed by atoms with Gasteiger partial charge in [-0.3, -0.25) is 8.37 Å². The van der Waals surface area contributed by atoms with Crippen LogP contribution in [0.1, 0.15) is 64.2 Å². The molecule has 2 aliphatic rings. The summed E-state index contributed by atoms with van der Waals surface area (Å²) in [6, 6.07) is 0. The summed E-state index contributed by atoms with van der Waals surface area (Å²) >= 11 is 0. The van der Waals surface area contributed by atoms with E-state index in [1.54, 1.807) is 0 Å². The zero-order chi connectivity index (χ0) is 16.6. The quantitative estimate of drug-likeness (QED) is 0.619. The fourth-order valence-electron chi connectivity index (χ4n) is 2.70. The Morgan fingerprint density at radius 3 is 1.04 bits per heavy atom. The summed E-state index contributed by atoms with van der Waals surface area (Å²) in [6.07, 6.45) is 9.44. The van der Waals surface area contributed by atoms with E-state index in [1.165, 1.54) is 12.8 Å². The van der Waals surface area contributed by atoms with Gasteiger partial charge in [0.25, 0.3) is 0 Å². The number of rotatable bonds is 4. The average molecular weight is 406 g/mol. The Labute approximate surface area is 189 Å². The SMILES string of the molecule is NS(=O)(=O)OC1CCCCC1.NS(=O)(=O)OC1CCCCC1.[NaH].[NaH]. The minimum atomic E-state index is -3.72. The molecule has 0 aromatic rings. The molecule has 0 heterocycles. The molecule has 2 saturated carbocycles. The first kappa shape index (κ1) is 28.0. The molecule has 0 atom stereocenters. The summed E-state index contributed by atoms with van der Waals surface area (Å²) in [5, 5.41) is 9.43. The molecule has 8 nitrogen and oxygen atoms in total. The molecule has 0 unspecified atom stereocenters. The van der Waals surface area contributed by atoms with E-state index in [1.807, 2.05) is 0 Å². The molecule has 136 valence electrons. The number of hydrogen-bond donors (Lipinski definition) is 2. The van der Waals surface area contributed by atoms with Gasteiger partial charge in [0, 0.05) is 0 Å². The predicted molar refractivity (Wildman–Crippen MR) is 96.4 cm³/mol. The van der Waals surface area contributed by atoms with Crippen molar-refractivity contribution in [2.45, 2.75) is 76.4 Å². The van der Waals surface area contributed by atoms with Gasteiger partial charge < -0.3 is 0 Å². The summed E-state index contributed by atoms with van der Waals surface area (Å²) in [6.45, 7) is 0. The third-order valence-corrected chi connectivity index (χ3v) is 4.73. The van der Waals surface area contributed by atoms with Gasteiger partial charge in [-0.2, -0.15) is 16.8 Å². The van der Waals surface area contributed by atoms with Crippen LogP contribution in [0.3, 0.4) is 0 Å². The molecule has 0 saturated heterocycles. The van der Waals surface area contributed by atoms with Gasteiger partial charge >= 0.3 is 79.7 Å². The van der Waals surface area contributed by atoms with E-state index >= 15 is 0 Å². The summed E-state index contributed by atoms with van der Waals surface area (Å²) in [4.78, 5) is 0. The molecule has 0 aromatic heterocycles. The molecular weight excluding hydrogens is 378 g/mol. The average Bonchev–Trinajstić information content (AvgIpc) is 2.38. The van der Waals surface area contributed by atoms with E-state index < -0.39 is 20.6 Å². The minimum absolute atomic E-state index is 0. The van der Waals surface area contributed by atoms with Crippen LogP contribution in [0.2, 0.25) is 0 Å². The zero-order valence-electron chi connectivity index (χ0n) is 12.6. The van der Waals surface area contributed by atoms with Gasteiger partial charge in [0.05, 0.1) is 12.2 Å². The summed E-state index contributed by atoms with van der Waals surface area (Å²) in [5.74, 6) is 0. The van der Waals surface area contributed by atoms with Crippen molar-refractivity contribution in [3.05, 3.63) is 0 Å². The summed E-state index contributed by atoms with van der Waals surface area (Å²) in [7, 11) is -7.45. The van der Waals surface area contributed by atoms with Gasteiger partial charge in [0.15, 0.2) is 0 Å². The van der Waals surface area contributed by atoms with E-state index in [9.17, 15) is 16.8 Å². The normalized spacial score (nSPS) is 20.1. The van der Waals surface area contributed by atoms with E-state index in [0.717, 1.165) is 51.4 Å². The standard InChI is InChI=1S/2C6H13NO3S.2Na.2H/c2*7-11(8,9)10-6-4-2-1-3-5-6;;;;/h2*6H,1-5H2,(H2,7,8,9);;;;. The first-order valence-electron chi connectivity index (χ1n) is 7.58. The van der Waals surface area contributed by atoms with Crippen molar-refractivity contribution in [2.24, 2.45) is 10.3 Å². The van der Waals surface area contributed by atoms with E-state index in [4.69, 9.17) is 10.3 Å². The van der Waals surface area contributed by atoms with Crippen molar-refractivity contribution in [1.29, 1.82) is 0 Å². The van der Waals surface area contributed by atoms with Gasteiger partial charge in [-0.25, -0.2) is 10.3 Å². The van der Waals surface area contributed by atoms with Crippen molar-refractivity contribution < 1.29 is 25.2 Å². The molecule has 0 amide bonds. The summed E-state index contributed by atoms with van der Waals surface area (Å²) in [5.41, 5.74) is 0. The Morgan fingerprint density at radius 2 is 0.833 bits per heavy atom. The monoisotopic (exact) mass is 406 g/mol. The van der Waals surface area contributed by atoms with Gasteiger partial charge in [-0.15, -0.1) is 0 Å². The van der Waals surface area contributed by atoms with E-state index in [-0.39, 0.29) is 71.3 Å². The number of hydrogen-bond acceptors (Lipinski definition) is 6. The molecule has 2 rings (SSSR count). The molecule has 0 aromatic carbocycles. The Kier molecular flexibility index (Phi) is 16.1. The van der Waals surface area contributed by atoms with Crippen LogP contribution in [0.5, 0.6) is 0 Å². The first-order chi connectivity index (χ1) is 10.2. The molecule has 2 fully saturated rings. The van der Waals surface area contributed by atoms with Crippen LogP contribution in [0.4, 0.5) is 0 Å². The molecule has 0 aliphatic heterocycles. The molecule has 4 N–H and O–H groups in total. The second-order valence-corrected chi connectivity index (χ2v) is 8.05. The Hall–Kier alpha value is 1.74. The third kappa shape index (κ3) is 16.0. The van der Waals surface area contributed by atoms with Gasteiger partial charge in [0.2, 0.25) is 0 Å². The van der Waals surface area contributed by atoms with E-state index in [0.29, 0.717) is 0 Å². The van der Waals surface area contributed by atoms with Crippen molar-refractivity contribution in [1.82, 2.24) is 0 Å². The van der Waals surface area contributed by atoms with Gasteiger partial charge in [0.1, 0.15) is 0 Å². The molecule has 0 radical (unpaired) electrons. The predicted octanol–water partition coefficient (Wildman–Crippen LogP) is -0.219. The molecule has 12 heteroatoms. The van der Waals surface area contributed by atoms with E-state index in [2.05, 4.69) is 8.37 Å². The van der Waals surface area contributed by atoms with Crippen molar-refractivity contribution in [3.8, 4) is 0 Å². The Morgan fingerprint density at radius 1 is 0.583 bits per heavy atom. The molecule has 0 spiro atoms. The van der Waals surface area contributed by atoms with Crippen molar-refractivity contribution >= 4 is 79.7 Å². The fourth-order valence-corrected chi connectivity index (χ4v) is 3.85. The van der Waals surface area contributed by atoms with Crippen LogP contribution in [0, 0.1) is 0 Å². The van der Waals surface area contributed by atoms with Crippen LogP contribution in [-0.4, -0.2) is 88.2 Å². The maximum atomic E-state index is 10.5. The topological polar surface area (TPSA) is 139 Å². The molecule has 2 aliphatic carbocycles. The molecular formula is C12H28N2Na2O6S2. The van der Waals surface area contributed by atoms with Crippen LogP contribution >= 0.6 is 0 Å². The fraction of sp³-hybridized carbons (Fsp3) is 1.00. The number of nitrogens with two attached hydrogens (primary N) is 2. The Balaban J connectivity index is 0. The molecule has 0 bridgehead atoms. The van der Waals surface area contributed by atoms with Crippen molar-refractivity contribution in [2.75, 3.05) is 0 Å². The third-order valence-electron chi connectivity index (χ3n) is 3.64. The first-order valence-corrected chi connectivity index (χ1v) is 10.5. The Bertz CT molecular complexity index is 470. The maximum absolute atomic E-state index is 10.5. The zero-order valence-corrected chi connectivity index (χ0v) is 14.3.